The standard InChI is InChI=1S/C26H35N3OS2.ClH/c1-18(17-28-15-7-8-16-28)29-19-9-5-6-10-21(19)32-22-12-11-20(30)23(24(22)29)25(31)27-14-13-26(2,3)4;/h5-6,9-10,12,18H,7-8,11,13-17H2,1-4H3,(H,27,31);1H. The van der Waals surface area contributed by atoms with Gasteiger partial charge in [0.2, 0.25) is 0 Å². The Morgan fingerprint density at radius 3 is 2.61 bits per heavy atom. The van der Waals surface area contributed by atoms with Gasteiger partial charge in [-0.2, -0.15) is 0 Å². The quantitative estimate of drug-likeness (QED) is 0.480. The van der Waals surface area contributed by atoms with E-state index in [0.717, 1.165) is 43.2 Å². The van der Waals surface area contributed by atoms with Crippen molar-refractivity contribution in [2.45, 2.75) is 64.3 Å². The van der Waals surface area contributed by atoms with E-state index in [-0.39, 0.29) is 29.6 Å². The van der Waals surface area contributed by atoms with Gasteiger partial charge in [0.25, 0.3) is 0 Å². The molecule has 1 aromatic carbocycles. The maximum atomic E-state index is 13.2. The van der Waals surface area contributed by atoms with Crippen LogP contribution in [-0.4, -0.2) is 47.9 Å². The number of allylic oxidation sites excluding steroid dienone is 1. The highest BCUT2D eigenvalue weighted by Gasteiger charge is 2.37. The second-order valence-corrected chi connectivity index (χ2v) is 11.8. The Labute approximate surface area is 214 Å². The van der Waals surface area contributed by atoms with Gasteiger partial charge in [-0.3, -0.25) is 4.79 Å². The molecule has 1 atom stereocenters. The van der Waals surface area contributed by atoms with E-state index < -0.39 is 0 Å². The topological polar surface area (TPSA) is 35.6 Å². The molecule has 4 nitrogen and oxygen atoms in total. The first-order valence-corrected chi connectivity index (χ1v) is 13.0. The summed E-state index contributed by atoms with van der Waals surface area (Å²) in [4.78, 5) is 21.1. The van der Waals surface area contributed by atoms with Gasteiger partial charge in [0.15, 0.2) is 5.78 Å². The molecule has 1 unspecified atom stereocenters. The third kappa shape index (κ3) is 6.02. The van der Waals surface area contributed by atoms with Gasteiger partial charge in [-0.15, -0.1) is 12.4 Å². The van der Waals surface area contributed by atoms with Crippen LogP contribution in [0.1, 0.15) is 53.4 Å². The van der Waals surface area contributed by atoms with Crippen LogP contribution in [0.15, 0.2) is 51.4 Å². The molecular weight excluding hydrogens is 470 g/mol. The molecule has 0 radical (unpaired) electrons. The summed E-state index contributed by atoms with van der Waals surface area (Å²) in [5, 5.41) is 3.41. The van der Waals surface area contributed by atoms with Crippen LogP contribution in [0.4, 0.5) is 5.69 Å². The van der Waals surface area contributed by atoms with E-state index in [4.69, 9.17) is 12.2 Å². The van der Waals surface area contributed by atoms with E-state index in [9.17, 15) is 4.79 Å². The molecule has 3 aliphatic rings. The molecule has 0 saturated carbocycles. The predicted molar refractivity (Wildman–Crippen MR) is 147 cm³/mol. The van der Waals surface area contributed by atoms with E-state index >= 15 is 0 Å². The number of hydrogen-bond donors (Lipinski definition) is 1. The molecule has 4 rings (SSSR count). The first-order valence-electron chi connectivity index (χ1n) is 11.8. The van der Waals surface area contributed by atoms with Crippen LogP contribution < -0.4 is 10.2 Å². The molecule has 1 aliphatic carbocycles. The number of fused-ring (bicyclic) bond motifs is 2. The smallest absolute Gasteiger partial charge is 0.171 e. The average molecular weight is 506 g/mol. The summed E-state index contributed by atoms with van der Waals surface area (Å²) in [5.41, 5.74) is 3.10. The number of Topliss-reactive ketones (excluding diaryl/α,β-unsaturated/α-hetero) is 1. The number of halogens is 1. The van der Waals surface area contributed by atoms with Crippen molar-refractivity contribution in [3.05, 3.63) is 46.5 Å². The third-order valence-electron chi connectivity index (χ3n) is 6.36. The van der Waals surface area contributed by atoms with Gasteiger partial charge in [-0.05, 0) is 56.8 Å². The molecule has 7 heteroatoms. The van der Waals surface area contributed by atoms with Gasteiger partial charge in [0.1, 0.15) is 4.99 Å². The summed E-state index contributed by atoms with van der Waals surface area (Å²) in [5.74, 6) is 0.121. The Morgan fingerprint density at radius 1 is 1.21 bits per heavy atom. The lowest BCUT2D eigenvalue weighted by atomic mass is 9.92. The van der Waals surface area contributed by atoms with Gasteiger partial charge >= 0.3 is 0 Å². The van der Waals surface area contributed by atoms with Crippen molar-refractivity contribution in [3.63, 3.8) is 0 Å². The number of rotatable bonds is 6. The molecule has 0 aromatic heterocycles. The number of carbonyl (C=O) groups is 1. The van der Waals surface area contributed by atoms with Gasteiger partial charge < -0.3 is 15.1 Å². The first kappa shape index (κ1) is 26.3. The Morgan fingerprint density at radius 2 is 1.91 bits per heavy atom. The van der Waals surface area contributed by atoms with E-state index in [1.54, 1.807) is 11.8 Å². The summed E-state index contributed by atoms with van der Waals surface area (Å²) < 4.78 is 0. The van der Waals surface area contributed by atoms with Crippen molar-refractivity contribution in [3.8, 4) is 0 Å². The number of nitrogens with one attached hydrogen (secondary N) is 1. The maximum absolute atomic E-state index is 13.2. The minimum atomic E-state index is 0. The summed E-state index contributed by atoms with van der Waals surface area (Å²) in [6.07, 6.45) is 6.06. The van der Waals surface area contributed by atoms with Gasteiger partial charge in [0, 0.05) is 35.4 Å². The van der Waals surface area contributed by atoms with Crippen LogP contribution in [0.5, 0.6) is 0 Å². The number of likely N-dealkylation sites (tertiary alicyclic amines) is 1. The number of anilines is 1. The van der Waals surface area contributed by atoms with E-state index in [0.29, 0.717) is 17.0 Å². The van der Waals surface area contributed by atoms with Crippen molar-refractivity contribution in [2.24, 2.45) is 5.41 Å². The highest BCUT2D eigenvalue weighted by Crippen LogP contribution is 2.49. The van der Waals surface area contributed by atoms with E-state index in [1.165, 1.54) is 23.4 Å². The zero-order valence-electron chi connectivity index (χ0n) is 20.1. The highest BCUT2D eigenvalue weighted by atomic mass is 35.5. The monoisotopic (exact) mass is 505 g/mol. The van der Waals surface area contributed by atoms with Crippen molar-refractivity contribution in [1.29, 1.82) is 0 Å². The number of thioether (sulfide) groups is 1. The number of ketones is 1. The Kier molecular flexibility index (Phi) is 8.71. The molecule has 1 fully saturated rings. The fourth-order valence-corrected chi connectivity index (χ4v) is 6.13. The Balaban J connectivity index is 0.00000306. The van der Waals surface area contributed by atoms with Crippen molar-refractivity contribution >= 4 is 52.8 Å². The lowest BCUT2D eigenvalue weighted by Crippen LogP contribution is -2.45. The summed E-state index contributed by atoms with van der Waals surface area (Å²) in [6.45, 7) is 13.0. The van der Waals surface area contributed by atoms with Crippen LogP contribution >= 0.6 is 36.4 Å². The fraction of sp³-hybridized carbons (Fsp3) is 0.538. The molecule has 33 heavy (non-hydrogen) atoms. The van der Waals surface area contributed by atoms with Gasteiger partial charge in [-0.1, -0.05) is 63.0 Å². The molecule has 2 heterocycles. The molecule has 1 N–H and O–H groups in total. The van der Waals surface area contributed by atoms with E-state index in [1.807, 2.05) is 0 Å². The normalized spacial score (nSPS) is 19.5. The molecule has 2 aliphatic heterocycles. The van der Waals surface area contributed by atoms with Crippen LogP contribution in [0.3, 0.4) is 0 Å². The molecule has 1 aromatic rings. The third-order valence-corrected chi connectivity index (χ3v) is 7.85. The molecule has 1 saturated heterocycles. The number of thiocarbonyl (C=S) groups is 1. The van der Waals surface area contributed by atoms with Crippen LogP contribution in [0.25, 0.3) is 0 Å². The van der Waals surface area contributed by atoms with Crippen molar-refractivity contribution < 1.29 is 4.79 Å². The summed E-state index contributed by atoms with van der Waals surface area (Å²) in [6, 6.07) is 8.79. The molecular formula is C26H36ClN3OS2. The maximum Gasteiger partial charge on any atom is 0.171 e. The van der Waals surface area contributed by atoms with Crippen LogP contribution in [0, 0.1) is 5.41 Å². The first-order chi connectivity index (χ1) is 15.2. The average Bonchev–Trinajstić information content (AvgIpc) is 3.24. The number of benzene rings is 1. The Bertz CT molecular complexity index is 961. The predicted octanol–water partition coefficient (Wildman–Crippen LogP) is 5.97. The lowest BCUT2D eigenvalue weighted by molar-refractivity contribution is -0.114. The zero-order valence-corrected chi connectivity index (χ0v) is 22.6. The molecule has 0 amide bonds. The largest absolute Gasteiger partial charge is 0.376 e. The molecule has 180 valence electrons. The minimum Gasteiger partial charge on any atom is -0.376 e. The number of nitrogens with zero attached hydrogens (tertiary/aromatic N) is 2. The minimum absolute atomic E-state index is 0. The van der Waals surface area contributed by atoms with Crippen molar-refractivity contribution in [1.82, 2.24) is 10.2 Å². The SMILES string of the molecule is CC(CN1CCCC1)N1C2=C(C(=S)NCCC(C)(C)C)C(=O)CC=C2Sc2ccccc21.Cl. The summed E-state index contributed by atoms with van der Waals surface area (Å²) in [7, 11) is 0. The lowest BCUT2D eigenvalue weighted by Gasteiger charge is -2.42. The van der Waals surface area contributed by atoms with Gasteiger partial charge in [0.05, 0.1) is 17.0 Å². The fourth-order valence-electron chi connectivity index (χ4n) is 4.70. The van der Waals surface area contributed by atoms with Crippen molar-refractivity contribution in [2.75, 3.05) is 31.1 Å². The second-order valence-electron chi connectivity index (χ2n) is 10.3. The van der Waals surface area contributed by atoms with Crippen LogP contribution in [-0.2, 0) is 4.79 Å². The molecule has 0 spiro atoms. The second kappa shape index (κ2) is 10.9. The van der Waals surface area contributed by atoms with Gasteiger partial charge in [-0.25, -0.2) is 0 Å². The number of para-hydroxylation sites is 1. The zero-order chi connectivity index (χ0) is 22.9. The van der Waals surface area contributed by atoms with Crippen LogP contribution in [0.2, 0.25) is 0 Å². The number of hydrogen-bond acceptors (Lipinski definition) is 5. The molecule has 0 bridgehead atoms. The number of carbonyl (C=O) groups excluding carboxylic acids is 1. The summed E-state index contributed by atoms with van der Waals surface area (Å²) >= 11 is 7.59. The van der Waals surface area contributed by atoms with E-state index in [2.05, 4.69) is 73.2 Å². The highest BCUT2D eigenvalue weighted by molar-refractivity contribution is 8.03. The Hall–Kier alpha value is -1.34.